The molecule has 2 amide bonds. The maximum Gasteiger partial charge on any atom is 0.251 e. The number of hydrogen-bond acceptors (Lipinski definition) is 3. The van der Waals surface area contributed by atoms with Crippen molar-refractivity contribution in [2.75, 3.05) is 13.1 Å². The lowest BCUT2D eigenvalue weighted by Crippen LogP contribution is -2.44. The molecule has 4 N–H and O–H groups in total. The van der Waals surface area contributed by atoms with E-state index in [2.05, 4.69) is 31.4 Å². The molecule has 1 aliphatic carbocycles. The first kappa shape index (κ1) is 22.5. The van der Waals surface area contributed by atoms with Crippen molar-refractivity contribution < 1.29 is 9.59 Å². The van der Waals surface area contributed by atoms with E-state index in [0.29, 0.717) is 30.1 Å². The molecule has 26 heavy (non-hydrogen) atoms. The number of benzene rings is 1. The van der Waals surface area contributed by atoms with E-state index in [1.54, 1.807) is 24.3 Å². The van der Waals surface area contributed by atoms with Crippen LogP contribution in [0.1, 0.15) is 67.2 Å². The molecular formula is C20H32ClN3O2. The van der Waals surface area contributed by atoms with Crippen LogP contribution >= 0.6 is 12.4 Å². The monoisotopic (exact) mass is 381 g/mol. The molecule has 1 aliphatic rings. The predicted octanol–water partition coefficient (Wildman–Crippen LogP) is 3.13. The first-order valence-electron chi connectivity index (χ1n) is 9.19. The number of rotatable bonds is 5. The average Bonchev–Trinajstić information content (AvgIpc) is 2.59. The van der Waals surface area contributed by atoms with E-state index in [1.165, 1.54) is 6.42 Å². The number of hydrogen-bond donors (Lipinski definition) is 3. The van der Waals surface area contributed by atoms with Gasteiger partial charge < -0.3 is 16.4 Å². The summed E-state index contributed by atoms with van der Waals surface area (Å²) in [6.07, 6.45) is 4.39. The van der Waals surface area contributed by atoms with Gasteiger partial charge in [-0.05, 0) is 55.0 Å². The van der Waals surface area contributed by atoms with Gasteiger partial charge in [-0.1, -0.05) is 33.6 Å². The van der Waals surface area contributed by atoms with E-state index in [-0.39, 0.29) is 35.7 Å². The molecule has 0 aliphatic heterocycles. The van der Waals surface area contributed by atoms with Crippen LogP contribution in [0.4, 0.5) is 0 Å². The summed E-state index contributed by atoms with van der Waals surface area (Å²) in [4.78, 5) is 24.6. The molecule has 1 fully saturated rings. The number of carbonyl (C=O) groups is 2. The van der Waals surface area contributed by atoms with Crippen LogP contribution in [0.3, 0.4) is 0 Å². The molecule has 1 aromatic carbocycles. The highest BCUT2D eigenvalue weighted by Gasteiger charge is 2.25. The smallest absolute Gasteiger partial charge is 0.251 e. The summed E-state index contributed by atoms with van der Waals surface area (Å²) in [5, 5.41) is 6.02. The first-order chi connectivity index (χ1) is 11.8. The van der Waals surface area contributed by atoms with E-state index in [1.807, 2.05) is 0 Å². The minimum absolute atomic E-state index is 0. The molecule has 2 atom stereocenters. The lowest BCUT2D eigenvalue weighted by Gasteiger charge is -2.31. The zero-order valence-corrected chi connectivity index (χ0v) is 16.8. The normalized spacial score (nSPS) is 20.0. The van der Waals surface area contributed by atoms with E-state index in [4.69, 9.17) is 5.73 Å². The van der Waals surface area contributed by atoms with Crippen LogP contribution in [0.2, 0.25) is 0 Å². The zero-order valence-electron chi connectivity index (χ0n) is 16.0. The van der Waals surface area contributed by atoms with Gasteiger partial charge in [-0.2, -0.15) is 0 Å². The largest absolute Gasteiger partial charge is 0.352 e. The Hall–Kier alpha value is -1.59. The fourth-order valence-electron chi connectivity index (χ4n) is 3.15. The van der Waals surface area contributed by atoms with Crippen LogP contribution < -0.4 is 16.4 Å². The van der Waals surface area contributed by atoms with Gasteiger partial charge in [0.15, 0.2) is 0 Å². The van der Waals surface area contributed by atoms with E-state index in [9.17, 15) is 9.59 Å². The average molecular weight is 382 g/mol. The van der Waals surface area contributed by atoms with Gasteiger partial charge in [0.1, 0.15) is 0 Å². The summed E-state index contributed by atoms with van der Waals surface area (Å²) < 4.78 is 0. The molecule has 146 valence electrons. The van der Waals surface area contributed by atoms with E-state index in [0.717, 1.165) is 19.3 Å². The van der Waals surface area contributed by atoms with Crippen molar-refractivity contribution >= 4 is 24.2 Å². The fraction of sp³-hybridized carbons (Fsp3) is 0.600. The van der Waals surface area contributed by atoms with Crippen molar-refractivity contribution in [1.29, 1.82) is 0 Å². The number of nitrogens with one attached hydrogen (secondary N) is 2. The third kappa shape index (κ3) is 6.61. The maximum absolute atomic E-state index is 12.5. The quantitative estimate of drug-likeness (QED) is 0.732. The molecule has 0 saturated heterocycles. The number of amides is 2. The van der Waals surface area contributed by atoms with Gasteiger partial charge in [0.2, 0.25) is 0 Å². The second-order valence-electron chi connectivity index (χ2n) is 8.18. The molecule has 1 saturated carbocycles. The van der Waals surface area contributed by atoms with Gasteiger partial charge in [-0.15, -0.1) is 12.4 Å². The third-order valence-electron chi connectivity index (χ3n) is 4.72. The van der Waals surface area contributed by atoms with Crippen molar-refractivity contribution in [3.05, 3.63) is 35.4 Å². The second kappa shape index (κ2) is 9.93. The molecule has 6 heteroatoms. The topological polar surface area (TPSA) is 84.2 Å². The molecule has 2 rings (SSSR count). The molecular weight excluding hydrogens is 350 g/mol. The Kier molecular flexibility index (Phi) is 8.57. The van der Waals surface area contributed by atoms with Gasteiger partial charge in [0, 0.05) is 23.7 Å². The van der Waals surface area contributed by atoms with Crippen LogP contribution in [0.5, 0.6) is 0 Å². The lowest BCUT2D eigenvalue weighted by atomic mass is 9.84. The van der Waals surface area contributed by atoms with Crippen molar-refractivity contribution in [3.8, 4) is 0 Å². The maximum atomic E-state index is 12.5. The highest BCUT2D eigenvalue weighted by Crippen LogP contribution is 2.23. The fourth-order valence-corrected chi connectivity index (χ4v) is 3.15. The Morgan fingerprint density at radius 2 is 1.58 bits per heavy atom. The lowest BCUT2D eigenvalue weighted by molar-refractivity contribution is 0.0904. The van der Waals surface area contributed by atoms with Crippen LogP contribution in [-0.2, 0) is 0 Å². The van der Waals surface area contributed by atoms with E-state index >= 15 is 0 Å². The molecule has 5 nitrogen and oxygen atoms in total. The molecule has 0 spiro atoms. The molecule has 2 unspecified atom stereocenters. The Bertz CT molecular complexity index is 596. The minimum atomic E-state index is -0.114. The molecule has 0 radical (unpaired) electrons. The van der Waals surface area contributed by atoms with Crippen LogP contribution in [0.15, 0.2) is 24.3 Å². The minimum Gasteiger partial charge on any atom is -0.352 e. The molecule has 0 aromatic heterocycles. The highest BCUT2D eigenvalue weighted by molar-refractivity contribution is 5.97. The second-order valence-corrected chi connectivity index (χ2v) is 8.18. The van der Waals surface area contributed by atoms with Gasteiger partial charge in [-0.25, -0.2) is 0 Å². The zero-order chi connectivity index (χ0) is 18.4. The Balaban J connectivity index is 0.00000338. The van der Waals surface area contributed by atoms with Crippen LogP contribution in [0.25, 0.3) is 0 Å². The summed E-state index contributed by atoms with van der Waals surface area (Å²) in [5.41, 5.74) is 7.01. The number of nitrogens with two attached hydrogens (primary N) is 1. The van der Waals surface area contributed by atoms with E-state index < -0.39 is 0 Å². The predicted molar refractivity (Wildman–Crippen MR) is 108 cm³/mol. The van der Waals surface area contributed by atoms with Crippen LogP contribution in [-0.4, -0.2) is 30.9 Å². The van der Waals surface area contributed by atoms with Gasteiger partial charge >= 0.3 is 0 Å². The molecule has 0 heterocycles. The van der Waals surface area contributed by atoms with Crippen molar-refractivity contribution in [2.24, 2.45) is 17.1 Å². The van der Waals surface area contributed by atoms with Crippen molar-refractivity contribution in [1.82, 2.24) is 10.6 Å². The molecule has 0 bridgehead atoms. The Morgan fingerprint density at radius 3 is 2.12 bits per heavy atom. The summed E-state index contributed by atoms with van der Waals surface area (Å²) in [5.74, 6) is 0.157. The van der Waals surface area contributed by atoms with Crippen molar-refractivity contribution in [2.45, 2.75) is 52.5 Å². The highest BCUT2D eigenvalue weighted by atomic mass is 35.5. The summed E-state index contributed by atoms with van der Waals surface area (Å²) >= 11 is 0. The van der Waals surface area contributed by atoms with Gasteiger partial charge in [-0.3, -0.25) is 9.59 Å². The summed E-state index contributed by atoms with van der Waals surface area (Å²) in [6, 6.07) is 6.98. The van der Waals surface area contributed by atoms with Crippen LogP contribution in [0, 0.1) is 11.3 Å². The Morgan fingerprint density at radius 1 is 1.04 bits per heavy atom. The standard InChI is InChI=1S/C20H31N3O2.ClH/c1-20(2,3)13-22-18(24)14-8-10-15(11-9-14)19(25)23-17-7-5-4-6-16(17)12-21;/h8-11,16-17H,4-7,12-13,21H2,1-3H3,(H,22,24)(H,23,25);1H. The number of carbonyl (C=O) groups excluding carboxylic acids is 2. The van der Waals surface area contributed by atoms with Gasteiger partial charge in [0.25, 0.3) is 11.8 Å². The summed E-state index contributed by atoms with van der Waals surface area (Å²) in [6.45, 7) is 7.43. The van der Waals surface area contributed by atoms with Crippen molar-refractivity contribution in [3.63, 3.8) is 0 Å². The Labute approximate surface area is 162 Å². The first-order valence-corrected chi connectivity index (χ1v) is 9.19. The van der Waals surface area contributed by atoms with Gasteiger partial charge in [0.05, 0.1) is 0 Å². The third-order valence-corrected chi connectivity index (χ3v) is 4.72. The SMILES string of the molecule is CC(C)(C)CNC(=O)c1ccc(C(=O)NC2CCCCC2CN)cc1.Cl. The summed E-state index contributed by atoms with van der Waals surface area (Å²) in [7, 11) is 0. The number of halogens is 1. The molecule has 1 aromatic rings.